The smallest absolute Gasteiger partial charge is 0.416 e. The molecule has 186 valence electrons. The molecule has 0 aliphatic carbocycles. The minimum absolute atomic E-state index is 0.0495. The normalized spacial score (nSPS) is 20.2. The minimum atomic E-state index is -4.55. The third kappa shape index (κ3) is 4.86. The van der Waals surface area contributed by atoms with Crippen molar-refractivity contribution in [2.45, 2.75) is 12.6 Å². The van der Waals surface area contributed by atoms with Crippen LogP contribution in [0.2, 0.25) is 0 Å². The van der Waals surface area contributed by atoms with Gasteiger partial charge in [-0.25, -0.2) is 0 Å². The van der Waals surface area contributed by atoms with Crippen LogP contribution in [0.25, 0.3) is 0 Å². The van der Waals surface area contributed by atoms with Gasteiger partial charge >= 0.3 is 6.18 Å². The van der Waals surface area contributed by atoms with Crippen molar-refractivity contribution in [2.75, 3.05) is 61.2 Å². The number of ether oxygens (including phenoxy) is 3. The van der Waals surface area contributed by atoms with E-state index in [0.29, 0.717) is 62.4 Å². The summed E-state index contributed by atoms with van der Waals surface area (Å²) in [5.74, 6) is -0.371. The molecule has 2 saturated heterocycles. The van der Waals surface area contributed by atoms with E-state index in [1.807, 2.05) is 4.90 Å². The number of alkyl halides is 3. The molecule has 0 unspecified atom stereocenters. The summed E-state index contributed by atoms with van der Waals surface area (Å²) in [6.45, 7) is 2.82. The van der Waals surface area contributed by atoms with Crippen LogP contribution in [-0.2, 0) is 20.5 Å². The van der Waals surface area contributed by atoms with E-state index in [2.05, 4.69) is 5.32 Å². The van der Waals surface area contributed by atoms with Gasteiger partial charge in [0.25, 0.3) is 0 Å². The number of nitrogens with one attached hydrogen (secondary N) is 1. The second-order valence-electron chi connectivity index (χ2n) is 8.55. The van der Waals surface area contributed by atoms with Gasteiger partial charge < -0.3 is 29.3 Å². The fourth-order valence-corrected chi connectivity index (χ4v) is 4.46. The number of carbonyl (C=O) groups is 2. The topological polar surface area (TPSA) is 80.3 Å². The maximum absolute atomic E-state index is 13.4. The lowest BCUT2D eigenvalue weighted by molar-refractivity contribution is -0.137. The zero-order chi connectivity index (χ0) is 24.6. The van der Waals surface area contributed by atoms with E-state index in [1.54, 1.807) is 18.2 Å². The Balaban J connectivity index is 1.35. The van der Waals surface area contributed by atoms with Crippen LogP contribution < -0.4 is 24.6 Å². The van der Waals surface area contributed by atoms with Crippen molar-refractivity contribution in [2.24, 2.45) is 5.92 Å². The number of morpholine rings is 1. The van der Waals surface area contributed by atoms with E-state index >= 15 is 0 Å². The summed E-state index contributed by atoms with van der Waals surface area (Å²) < 4.78 is 56.5. The lowest BCUT2D eigenvalue weighted by atomic mass is 10.1. The Bertz CT molecular complexity index is 1130. The van der Waals surface area contributed by atoms with E-state index in [4.69, 9.17) is 14.2 Å². The molecule has 0 spiro atoms. The molecule has 0 aromatic heterocycles. The monoisotopic (exact) mass is 491 g/mol. The van der Waals surface area contributed by atoms with Crippen LogP contribution in [0.1, 0.15) is 12.0 Å². The van der Waals surface area contributed by atoms with Crippen LogP contribution >= 0.6 is 0 Å². The molecule has 0 radical (unpaired) electrons. The molecule has 2 fully saturated rings. The highest BCUT2D eigenvalue weighted by atomic mass is 19.4. The number of amides is 2. The SMILES string of the molecule is O=C(Nc1cc(C(F)(F)F)ccc1N1CCOCC1)[C@@H]1CC(=O)N(c2ccc3c(c2)OCCO3)C1. The van der Waals surface area contributed by atoms with Crippen molar-refractivity contribution in [3.8, 4) is 11.5 Å². The molecule has 8 nitrogen and oxygen atoms in total. The van der Waals surface area contributed by atoms with Crippen LogP contribution in [-0.4, -0.2) is 57.9 Å². The summed E-state index contributed by atoms with van der Waals surface area (Å²) in [5, 5.41) is 2.66. The Morgan fingerprint density at radius 2 is 1.71 bits per heavy atom. The molecule has 35 heavy (non-hydrogen) atoms. The van der Waals surface area contributed by atoms with Gasteiger partial charge in [-0.3, -0.25) is 9.59 Å². The first-order chi connectivity index (χ1) is 16.8. The Morgan fingerprint density at radius 3 is 2.46 bits per heavy atom. The van der Waals surface area contributed by atoms with Crippen molar-refractivity contribution in [3.05, 3.63) is 42.0 Å². The number of hydrogen-bond donors (Lipinski definition) is 1. The largest absolute Gasteiger partial charge is 0.486 e. The number of rotatable bonds is 4. The number of halogens is 3. The molecular weight excluding hydrogens is 467 g/mol. The van der Waals surface area contributed by atoms with Crippen LogP contribution in [0.4, 0.5) is 30.2 Å². The number of nitrogens with zero attached hydrogens (tertiary/aromatic N) is 2. The van der Waals surface area contributed by atoms with Crippen molar-refractivity contribution in [3.63, 3.8) is 0 Å². The van der Waals surface area contributed by atoms with E-state index in [-0.39, 0.29) is 24.6 Å². The van der Waals surface area contributed by atoms with Gasteiger partial charge in [0.05, 0.1) is 36.1 Å². The number of benzene rings is 2. The third-order valence-corrected chi connectivity index (χ3v) is 6.27. The Hall–Kier alpha value is -3.47. The average Bonchev–Trinajstić information content (AvgIpc) is 3.25. The fourth-order valence-electron chi connectivity index (χ4n) is 4.46. The molecule has 1 N–H and O–H groups in total. The molecule has 2 aromatic carbocycles. The Labute approximate surface area is 199 Å². The summed E-state index contributed by atoms with van der Waals surface area (Å²) in [6.07, 6.45) is -4.60. The Kier molecular flexibility index (Phi) is 6.18. The van der Waals surface area contributed by atoms with Gasteiger partial charge in [0.1, 0.15) is 13.2 Å². The first-order valence-corrected chi connectivity index (χ1v) is 11.3. The predicted octanol–water partition coefficient (Wildman–Crippen LogP) is 3.30. The Morgan fingerprint density at radius 1 is 0.971 bits per heavy atom. The molecule has 2 aromatic rings. The van der Waals surface area contributed by atoms with Crippen LogP contribution in [0.5, 0.6) is 11.5 Å². The van der Waals surface area contributed by atoms with Gasteiger partial charge in [0.2, 0.25) is 11.8 Å². The minimum Gasteiger partial charge on any atom is -0.486 e. The molecule has 3 aliphatic rings. The van der Waals surface area contributed by atoms with Crippen molar-refractivity contribution >= 4 is 28.9 Å². The van der Waals surface area contributed by atoms with E-state index in [9.17, 15) is 22.8 Å². The van der Waals surface area contributed by atoms with Gasteiger partial charge in [-0.2, -0.15) is 13.2 Å². The maximum atomic E-state index is 13.4. The quantitative estimate of drug-likeness (QED) is 0.707. The number of carbonyl (C=O) groups excluding carboxylic acids is 2. The number of anilines is 3. The van der Waals surface area contributed by atoms with E-state index in [1.165, 1.54) is 11.0 Å². The zero-order valence-corrected chi connectivity index (χ0v) is 18.8. The molecule has 3 heterocycles. The highest BCUT2D eigenvalue weighted by Gasteiger charge is 2.37. The third-order valence-electron chi connectivity index (χ3n) is 6.27. The first-order valence-electron chi connectivity index (χ1n) is 11.3. The highest BCUT2D eigenvalue weighted by molar-refractivity contribution is 6.04. The summed E-state index contributed by atoms with van der Waals surface area (Å²) >= 11 is 0. The highest BCUT2D eigenvalue weighted by Crippen LogP contribution is 2.38. The lowest BCUT2D eigenvalue weighted by Gasteiger charge is -2.31. The van der Waals surface area contributed by atoms with Gasteiger partial charge in [0.15, 0.2) is 11.5 Å². The van der Waals surface area contributed by atoms with Gasteiger partial charge in [-0.1, -0.05) is 0 Å². The zero-order valence-electron chi connectivity index (χ0n) is 18.8. The van der Waals surface area contributed by atoms with E-state index in [0.717, 1.165) is 12.1 Å². The molecule has 0 saturated carbocycles. The lowest BCUT2D eigenvalue weighted by Crippen LogP contribution is -2.37. The summed E-state index contributed by atoms with van der Waals surface area (Å²) in [5.41, 5.74) is 0.271. The molecular formula is C24H24F3N3O5. The number of hydrogen-bond acceptors (Lipinski definition) is 6. The van der Waals surface area contributed by atoms with Gasteiger partial charge in [-0.15, -0.1) is 0 Å². The van der Waals surface area contributed by atoms with Crippen molar-refractivity contribution in [1.29, 1.82) is 0 Å². The summed E-state index contributed by atoms with van der Waals surface area (Å²) in [7, 11) is 0. The summed E-state index contributed by atoms with van der Waals surface area (Å²) in [6, 6.07) is 8.43. The van der Waals surface area contributed by atoms with Gasteiger partial charge in [0, 0.05) is 37.8 Å². The van der Waals surface area contributed by atoms with Crippen molar-refractivity contribution in [1.82, 2.24) is 0 Å². The fraction of sp³-hybridized carbons (Fsp3) is 0.417. The standard InChI is InChI=1S/C24H24F3N3O5/c25-24(26,27)16-1-3-19(29-5-7-33-8-6-29)18(12-16)28-23(32)15-11-22(31)30(14-15)17-2-4-20-21(13-17)35-10-9-34-20/h1-4,12-13,15H,5-11,14H2,(H,28,32)/t15-/m1/s1. The first kappa shape index (κ1) is 23.3. The maximum Gasteiger partial charge on any atom is 0.416 e. The average molecular weight is 491 g/mol. The molecule has 3 aliphatic heterocycles. The molecule has 2 amide bonds. The molecule has 5 rings (SSSR count). The summed E-state index contributed by atoms with van der Waals surface area (Å²) in [4.78, 5) is 29.2. The molecule has 1 atom stereocenters. The predicted molar refractivity (Wildman–Crippen MR) is 121 cm³/mol. The van der Waals surface area contributed by atoms with E-state index < -0.39 is 23.6 Å². The molecule has 0 bridgehead atoms. The van der Waals surface area contributed by atoms with Crippen LogP contribution in [0, 0.1) is 5.92 Å². The van der Waals surface area contributed by atoms with Crippen LogP contribution in [0.3, 0.4) is 0 Å². The second kappa shape index (κ2) is 9.29. The van der Waals surface area contributed by atoms with Crippen molar-refractivity contribution < 1.29 is 37.0 Å². The number of fused-ring (bicyclic) bond motifs is 1. The van der Waals surface area contributed by atoms with Gasteiger partial charge in [-0.05, 0) is 30.3 Å². The van der Waals surface area contributed by atoms with Crippen LogP contribution in [0.15, 0.2) is 36.4 Å². The molecule has 11 heteroatoms. The second-order valence-corrected chi connectivity index (χ2v) is 8.55.